The van der Waals surface area contributed by atoms with Crippen molar-refractivity contribution in [2.75, 3.05) is 25.0 Å². The molecule has 0 saturated carbocycles. The number of hydrogen-bond acceptors (Lipinski definition) is 2. The number of hydrogen-bond donors (Lipinski definition) is 1. The molecule has 1 aromatic rings. The standard InChI is InChI=1S/C15H24N2/c1-3-13(4-2)11-16-15-7-5-6-14(10-15)12-17-8-9-17/h5-7,10,13,16H,3-4,8-9,11-12H2,1-2H3. The summed E-state index contributed by atoms with van der Waals surface area (Å²) in [6.45, 7) is 9.29. The fourth-order valence-electron chi connectivity index (χ4n) is 2.11. The third-order valence-corrected chi connectivity index (χ3v) is 3.62. The molecule has 2 nitrogen and oxygen atoms in total. The lowest BCUT2D eigenvalue weighted by atomic mass is 10.0. The summed E-state index contributed by atoms with van der Waals surface area (Å²) in [4.78, 5) is 2.44. The van der Waals surface area contributed by atoms with Gasteiger partial charge in [-0.05, 0) is 23.6 Å². The first kappa shape index (κ1) is 12.4. The summed E-state index contributed by atoms with van der Waals surface area (Å²) in [5.74, 6) is 0.797. The fourth-order valence-corrected chi connectivity index (χ4v) is 2.11. The topological polar surface area (TPSA) is 15.0 Å². The second-order valence-corrected chi connectivity index (χ2v) is 5.04. The van der Waals surface area contributed by atoms with Crippen molar-refractivity contribution in [2.24, 2.45) is 5.92 Å². The molecule has 1 fully saturated rings. The van der Waals surface area contributed by atoms with Crippen LogP contribution >= 0.6 is 0 Å². The van der Waals surface area contributed by atoms with Crippen LogP contribution in [0.25, 0.3) is 0 Å². The van der Waals surface area contributed by atoms with Crippen molar-refractivity contribution in [2.45, 2.75) is 33.2 Å². The highest BCUT2D eigenvalue weighted by molar-refractivity contribution is 5.45. The minimum atomic E-state index is 0.797. The Labute approximate surface area is 105 Å². The van der Waals surface area contributed by atoms with Crippen LogP contribution in [0.5, 0.6) is 0 Å². The Morgan fingerprint density at radius 1 is 1.24 bits per heavy atom. The summed E-state index contributed by atoms with van der Waals surface area (Å²) < 4.78 is 0. The molecule has 1 aliphatic heterocycles. The zero-order chi connectivity index (χ0) is 12.1. The first-order valence-corrected chi connectivity index (χ1v) is 6.87. The van der Waals surface area contributed by atoms with Crippen molar-refractivity contribution in [1.29, 1.82) is 0 Å². The van der Waals surface area contributed by atoms with Gasteiger partial charge in [-0.25, -0.2) is 0 Å². The molecule has 0 spiro atoms. The van der Waals surface area contributed by atoms with Gasteiger partial charge in [0.1, 0.15) is 0 Å². The van der Waals surface area contributed by atoms with Crippen molar-refractivity contribution in [3.8, 4) is 0 Å². The van der Waals surface area contributed by atoms with Crippen molar-refractivity contribution < 1.29 is 0 Å². The summed E-state index contributed by atoms with van der Waals surface area (Å²) in [6.07, 6.45) is 2.52. The van der Waals surface area contributed by atoms with Gasteiger partial charge in [0.05, 0.1) is 0 Å². The van der Waals surface area contributed by atoms with Crippen LogP contribution in [0.2, 0.25) is 0 Å². The van der Waals surface area contributed by atoms with Crippen molar-refractivity contribution in [3.63, 3.8) is 0 Å². The molecule has 2 rings (SSSR count). The molecule has 0 radical (unpaired) electrons. The number of anilines is 1. The van der Waals surface area contributed by atoms with Gasteiger partial charge >= 0.3 is 0 Å². The molecule has 1 heterocycles. The number of rotatable bonds is 7. The molecule has 1 aromatic carbocycles. The van der Waals surface area contributed by atoms with E-state index in [2.05, 4.69) is 48.3 Å². The minimum Gasteiger partial charge on any atom is -0.385 e. The van der Waals surface area contributed by atoms with Crippen LogP contribution in [0.15, 0.2) is 24.3 Å². The smallest absolute Gasteiger partial charge is 0.0343 e. The SMILES string of the molecule is CCC(CC)CNc1cccc(CN2CC2)c1. The van der Waals surface area contributed by atoms with Gasteiger partial charge < -0.3 is 5.32 Å². The van der Waals surface area contributed by atoms with Crippen LogP contribution in [-0.4, -0.2) is 24.5 Å². The molecule has 0 aromatic heterocycles. The van der Waals surface area contributed by atoms with E-state index in [0.717, 1.165) is 19.0 Å². The normalized spacial score (nSPS) is 15.2. The molecule has 1 N–H and O–H groups in total. The van der Waals surface area contributed by atoms with Crippen LogP contribution in [0.4, 0.5) is 5.69 Å². The highest BCUT2D eigenvalue weighted by atomic mass is 15.2. The highest BCUT2D eigenvalue weighted by Crippen LogP contribution is 2.17. The fraction of sp³-hybridized carbons (Fsp3) is 0.600. The van der Waals surface area contributed by atoms with Gasteiger partial charge in [0.15, 0.2) is 0 Å². The van der Waals surface area contributed by atoms with E-state index in [1.807, 2.05) is 0 Å². The van der Waals surface area contributed by atoms with Crippen LogP contribution in [0, 0.1) is 5.92 Å². The van der Waals surface area contributed by atoms with Gasteiger partial charge in [0.2, 0.25) is 0 Å². The van der Waals surface area contributed by atoms with E-state index in [0.29, 0.717) is 0 Å². The summed E-state index contributed by atoms with van der Waals surface area (Å²) >= 11 is 0. The Balaban J connectivity index is 1.86. The molecule has 1 saturated heterocycles. The number of benzene rings is 1. The predicted octanol–water partition coefficient (Wildman–Crippen LogP) is 3.35. The van der Waals surface area contributed by atoms with Crippen LogP contribution in [-0.2, 0) is 6.54 Å². The van der Waals surface area contributed by atoms with Crippen LogP contribution in [0.1, 0.15) is 32.3 Å². The lowest BCUT2D eigenvalue weighted by Gasteiger charge is -2.15. The van der Waals surface area contributed by atoms with Gasteiger partial charge in [-0.2, -0.15) is 0 Å². The van der Waals surface area contributed by atoms with Crippen molar-refractivity contribution >= 4 is 5.69 Å². The molecule has 94 valence electrons. The summed E-state index contributed by atoms with van der Waals surface area (Å²) in [7, 11) is 0. The molecule has 0 bridgehead atoms. The van der Waals surface area contributed by atoms with Gasteiger partial charge in [-0.15, -0.1) is 0 Å². The monoisotopic (exact) mass is 232 g/mol. The predicted molar refractivity (Wildman–Crippen MR) is 74.3 cm³/mol. The molecular formula is C15H24N2. The summed E-state index contributed by atoms with van der Waals surface area (Å²) in [5.41, 5.74) is 2.70. The maximum atomic E-state index is 3.56. The Morgan fingerprint density at radius 2 is 2.00 bits per heavy atom. The second kappa shape index (κ2) is 6.06. The number of nitrogens with one attached hydrogen (secondary N) is 1. The maximum Gasteiger partial charge on any atom is 0.0343 e. The first-order chi connectivity index (χ1) is 8.31. The van der Waals surface area contributed by atoms with E-state index in [9.17, 15) is 0 Å². The molecular weight excluding hydrogens is 208 g/mol. The molecule has 2 heteroatoms. The molecule has 0 amide bonds. The van der Waals surface area contributed by atoms with E-state index in [4.69, 9.17) is 0 Å². The number of nitrogens with zero attached hydrogens (tertiary/aromatic N) is 1. The van der Waals surface area contributed by atoms with Gasteiger partial charge in [-0.1, -0.05) is 38.8 Å². The van der Waals surface area contributed by atoms with E-state index >= 15 is 0 Å². The quantitative estimate of drug-likeness (QED) is 0.725. The largest absolute Gasteiger partial charge is 0.385 e. The zero-order valence-electron chi connectivity index (χ0n) is 11.1. The molecule has 0 aliphatic carbocycles. The summed E-state index contributed by atoms with van der Waals surface area (Å²) in [5, 5.41) is 3.56. The van der Waals surface area contributed by atoms with E-state index in [1.165, 1.54) is 37.2 Å². The maximum absolute atomic E-state index is 3.56. The molecule has 17 heavy (non-hydrogen) atoms. The average Bonchev–Trinajstić information content (AvgIpc) is 3.15. The van der Waals surface area contributed by atoms with E-state index < -0.39 is 0 Å². The second-order valence-electron chi connectivity index (χ2n) is 5.04. The zero-order valence-corrected chi connectivity index (χ0v) is 11.1. The molecule has 0 unspecified atom stereocenters. The minimum absolute atomic E-state index is 0.797. The Bertz CT molecular complexity index is 341. The van der Waals surface area contributed by atoms with Gasteiger partial charge in [0, 0.05) is 31.9 Å². The van der Waals surface area contributed by atoms with Gasteiger partial charge in [-0.3, -0.25) is 4.90 Å². The van der Waals surface area contributed by atoms with Crippen molar-refractivity contribution in [1.82, 2.24) is 4.90 Å². The Hall–Kier alpha value is -1.02. The molecule has 0 atom stereocenters. The lowest BCUT2D eigenvalue weighted by molar-refractivity contribution is 0.519. The third kappa shape index (κ3) is 4.04. The van der Waals surface area contributed by atoms with E-state index in [1.54, 1.807) is 0 Å². The highest BCUT2D eigenvalue weighted by Gasteiger charge is 2.16. The average molecular weight is 232 g/mol. The lowest BCUT2D eigenvalue weighted by Crippen LogP contribution is -2.12. The first-order valence-electron chi connectivity index (χ1n) is 6.87. The Morgan fingerprint density at radius 3 is 2.65 bits per heavy atom. The molecule has 1 aliphatic rings. The van der Waals surface area contributed by atoms with Gasteiger partial charge in [0.25, 0.3) is 0 Å². The summed E-state index contributed by atoms with van der Waals surface area (Å²) in [6, 6.07) is 8.85. The van der Waals surface area contributed by atoms with Crippen molar-refractivity contribution in [3.05, 3.63) is 29.8 Å². The van der Waals surface area contributed by atoms with Crippen LogP contribution in [0.3, 0.4) is 0 Å². The third-order valence-electron chi connectivity index (χ3n) is 3.62. The van der Waals surface area contributed by atoms with E-state index in [-0.39, 0.29) is 0 Å². The van der Waals surface area contributed by atoms with Crippen LogP contribution < -0.4 is 5.32 Å². The Kier molecular flexibility index (Phi) is 4.43.